The number of nitrogens with one attached hydrogen (secondary N) is 2. The summed E-state index contributed by atoms with van der Waals surface area (Å²) in [5.74, 6) is -0.971. The molecule has 3 aromatic rings. The van der Waals surface area contributed by atoms with Crippen LogP contribution < -0.4 is 15.6 Å². The Hall–Kier alpha value is -3.66. The quantitative estimate of drug-likeness (QED) is 0.178. The van der Waals surface area contributed by atoms with Gasteiger partial charge in [-0.15, -0.1) is 0 Å². The van der Waals surface area contributed by atoms with E-state index < -0.39 is 11.8 Å². The number of carbonyl (C=O) groups is 2. The van der Waals surface area contributed by atoms with Crippen LogP contribution in [0.25, 0.3) is 6.08 Å². The number of hydrazone groups is 1. The van der Waals surface area contributed by atoms with Crippen LogP contribution in [-0.4, -0.2) is 37.2 Å². The Bertz CT molecular complexity index is 1190. The van der Waals surface area contributed by atoms with E-state index in [2.05, 4.69) is 38.4 Å². The smallest absolute Gasteiger partial charge is 0.287 e. The van der Waals surface area contributed by atoms with E-state index in [0.29, 0.717) is 11.1 Å². The van der Waals surface area contributed by atoms with Crippen molar-refractivity contribution in [2.45, 2.75) is 0 Å². The predicted molar refractivity (Wildman–Crippen MR) is 139 cm³/mol. The monoisotopic (exact) mass is 554 g/mol. The van der Waals surface area contributed by atoms with Crippen LogP contribution in [0, 0.1) is 3.57 Å². The Kier molecular flexibility index (Phi) is 8.20. The third kappa shape index (κ3) is 6.91. The van der Waals surface area contributed by atoms with Crippen LogP contribution in [0.4, 0.5) is 5.69 Å². The van der Waals surface area contributed by atoms with Gasteiger partial charge in [-0.25, -0.2) is 5.43 Å². The van der Waals surface area contributed by atoms with Gasteiger partial charge in [0, 0.05) is 34.5 Å². The van der Waals surface area contributed by atoms with Gasteiger partial charge in [-0.05, 0) is 76.7 Å². The largest absolute Gasteiger partial charge is 0.507 e. The SMILES string of the molecule is CN(C)c1ccc(/C=C(\NC(=O)c2ccccc2)C(=O)N/N=C/c2cc(I)ccc2O)cc1. The topological polar surface area (TPSA) is 94.0 Å². The molecule has 0 aromatic heterocycles. The van der Waals surface area contributed by atoms with Crippen molar-refractivity contribution >= 4 is 52.4 Å². The van der Waals surface area contributed by atoms with Crippen molar-refractivity contribution in [3.63, 3.8) is 0 Å². The summed E-state index contributed by atoms with van der Waals surface area (Å²) >= 11 is 2.12. The molecule has 0 fully saturated rings. The van der Waals surface area contributed by atoms with Gasteiger partial charge in [0.1, 0.15) is 11.4 Å². The van der Waals surface area contributed by atoms with Crippen LogP contribution in [-0.2, 0) is 4.79 Å². The number of amides is 2. The van der Waals surface area contributed by atoms with E-state index in [1.54, 1.807) is 54.6 Å². The maximum absolute atomic E-state index is 12.9. The highest BCUT2D eigenvalue weighted by molar-refractivity contribution is 14.1. The Morgan fingerprint density at radius 1 is 1.00 bits per heavy atom. The highest BCUT2D eigenvalue weighted by Gasteiger charge is 2.14. The maximum atomic E-state index is 12.9. The lowest BCUT2D eigenvalue weighted by Gasteiger charge is -2.12. The Balaban J connectivity index is 1.83. The summed E-state index contributed by atoms with van der Waals surface area (Å²) in [6.07, 6.45) is 2.92. The van der Waals surface area contributed by atoms with Crippen LogP contribution in [0.5, 0.6) is 5.75 Å². The van der Waals surface area contributed by atoms with Crippen molar-refractivity contribution in [2.75, 3.05) is 19.0 Å². The molecule has 168 valence electrons. The number of halogens is 1. The van der Waals surface area contributed by atoms with Gasteiger partial charge in [-0.1, -0.05) is 30.3 Å². The Morgan fingerprint density at radius 3 is 2.36 bits per heavy atom. The van der Waals surface area contributed by atoms with Crippen LogP contribution in [0.15, 0.2) is 83.6 Å². The number of rotatable bonds is 7. The van der Waals surface area contributed by atoms with Crippen molar-refractivity contribution in [1.29, 1.82) is 0 Å². The maximum Gasteiger partial charge on any atom is 0.287 e. The molecular formula is C25H23IN4O3. The molecule has 7 nitrogen and oxygen atoms in total. The lowest BCUT2D eigenvalue weighted by molar-refractivity contribution is -0.117. The second-order valence-corrected chi connectivity index (χ2v) is 8.51. The molecule has 0 spiro atoms. The van der Waals surface area contributed by atoms with Gasteiger partial charge >= 0.3 is 0 Å². The zero-order valence-electron chi connectivity index (χ0n) is 18.1. The van der Waals surface area contributed by atoms with E-state index in [1.807, 2.05) is 43.3 Å². The highest BCUT2D eigenvalue weighted by atomic mass is 127. The van der Waals surface area contributed by atoms with Crippen molar-refractivity contribution in [2.24, 2.45) is 5.10 Å². The van der Waals surface area contributed by atoms with E-state index in [4.69, 9.17) is 0 Å². The van der Waals surface area contributed by atoms with E-state index >= 15 is 0 Å². The summed E-state index contributed by atoms with van der Waals surface area (Å²) in [6.45, 7) is 0. The van der Waals surface area contributed by atoms with E-state index in [-0.39, 0.29) is 11.4 Å². The molecule has 0 radical (unpaired) electrons. The fourth-order valence-electron chi connectivity index (χ4n) is 2.83. The van der Waals surface area contributed by atoms with Gasteiger partial charge in [0.05, 0.1) is 6.21 Å². The summed E-state index contributed by atoms with van der Waals surface area (Å²) in [5, 5.41) is 16.5. The lowest BCUT2D eigenvalue weighted by atomic mass is 10.1. The number of nitrogens with zero attached hydrogens (tertiary/aromatic N) is 2. The number of anilines is 1. The molecule has 3 N–H and O–H groups in total. The molecule has 0 aliphatic rings. The summed E-state index contributed by atoms with van der Waals surface area (Å²) in [6, 6.07) is 21.2. The Labute approximate surface area is 206 Å². The van der Waals surface area contributed by atoms with Crippen molar-refractivity contribution in [3.05, 3.63) is 98.8 Å². The lowest BCUT2D eigenvalue weighted by Crippen LogP contribution is -2.32. The molecular weight excluding hydrogens is 531 g/mol. The van der Waals surface area contributed by atoms with E-state index in [1.165, 1.54) is 6.21 Å². The van der Waals surface area contributed by atoms with Crippen molar-refractivity contribution in [1.82, 2.24) is 10.7 Å². The first-order valence-electron chi connectivity index (χ1n) is 10.0. The molecule has 3 rings (SSSR count). The number of hydrogen-bond acceptors (Lipinski definition) is 5. The standard InChI is InChI=1S/C25H23IN4O3/c1-30(2)21-11-8-17(9-12-21)14-22(28-24(32)18-6-4-3-5-7-18)25(33)29-27-16-19-15-20(26)10-13-23(19)31/h3-16,31H,1-2H3,(H,28,32)(H,29,33)/b22-14-,27-16+. The van der Waals surface area contributed by atoms with Crippen molar-refractivity contribution < 1.29 is 14.7 Å². The molecule has 0 saturated heterocycles. The molecule has 33 heavy (non-hydrogen) atoms. The first kappa shape index (κ1) is 24.0. The average molecular weight is 554 g/mol. The van der Waals surface area contributed by atoms with Crippen LogP contribution in [0.2, 0.25) is 0 Å². The Morgan fingerprint density at radius 2 is 1.70 bits per heavy atom. The minimum atomic E-state index is -0.600. The zero-order valence-corrected chi connectivity index (χ0v) is 20.3. The van der Waals surface area contributed by atoms with Gasteiger partial charge in [0.15, 0.2) is 0 Å². The molecule has 0 saturated carbocycles. The number of phenols is 1. The van der Waals surface area contributed by atoms with Gasteiger partial charge < -0.3 is 15.3 Å². The summed E-state index contributed by atoms with van der Waals surface area (Å²) in [4.78, 5) is 27.5. The molecule has 0 bridgehead atoms. The van der Waals surface area contributed by atoms with Crippen LogP contribution in [0.1, 0.15) is 21.5 Å². The average Bonchev–Trinajstić information content (AvgIpc) is 2.81. The van der Waals surface area contributed by atoms with Crippen LogP contribution >= 0.6 is 22.6 Å². The number of phenolic OH excluding ortho intramolecular Hbond substituents is 1. The molecule has 0 aliphatic carbocycles. The minimum absolute atomic E-state index is 0.0328. The number of benzene rings is 3. The third-order valence-corrected chi connectivity index (χ3v) is 5.28. The fourth-order valence-corrected chi connectivity index (χ4v) is 3.34. The van der Waals surface area contributed by atoms with Gasteiger partial charge in [0.2, 0.25) is 0 Å². The van der Waals surface area contributed by atoms with Gasteiger partial charge in [-0.2, -0.15) is 5.10 Å². The molecule has 0 heterocycles. The molecule has 0 unspecified atom stereocenters. The summed E-state index contributed by atoms with van der Waals surface area (Å²) < 4.78 is 0.912. The number of carbonyl (C=O) groups excluding carboxylic acids is 2. The van der Waals surface area contributed by atoms with Gasteiger partial charge in [0.25, 0.3) is 11.8 Å². The first-order chi connectivity index (χ1) is 15.8. The fraction of sp³-hybridized carbons (Fsp3) is 0.0800. The second-order valence-electron chi connectivity index (χ2n) is 7.27. The summed E-state index contributed by atoms with van der Waals surface area (Å²) in [5.41, 5.74) is 5.07. The predicted octanol–water partition coefficient (Wildman–Crippen LogP) is 3.98. The minimum Gasteiger partial charge on any atom is -0.507 e. The molecule has 0 aliphatic heterocycles. The van der Waals surface area contributed by atoms with Gasteiger partial charge in [-0.3, -0.25) is 9.59 Å². The zero-order chi connectivity index (χ0) is 23.8. The first-order valence-corrected chi connectivity index (χ1v) is 11.1. The molecule has 2 amide bonds. The third-order valence-electron chi connectivity index (χ3n) is 4.61. The normalized spacial score (nSPS) is 11.3. The second kappa shape index (κ2) is 11.3. The molecule has 0 atom stereocenters. The van der Waals surface area contributed by atoms with Crippen molar-refractivity contribution in [3.8, 4) is 5.75 Å². The molecule has 8 heteroatoms. The highest BCUT2D eigenvalue weighted by Crippen LogP contribution is 2.18. The van der Waals surface area contributed by atoms with E-state index in [0.717, 1.165) is 14.8 Å². The van der Waals surface area contributed by atoms with Crippen LogP contribution in [0.3, 0.4) is 0 Å². The number of aromatic hydroxyl groups is 1. The summed E-state index contributed by atoms with van der Waals surface area (Å²) in [7, 11) is 3.88. The number of hydrogen-bond donors (Lipinski definition) is 3. The van der Waals surface area contributed by atoms with E-state index in [9.17, 15) is 14.7 Å². The molecule has 3 aromatic carbocycles.